The number of carbonyl (C=O) groups excluding carboxylic acids is 1. The van der Waals surface area contributed by atoms with E-state index < -0.39 is 0 Å². The van der Waals surface area contributed by atoms with Crippen molar-refractivity contribution in [2.75, 3.05) is 43.9 Å². The third-order valence-corrected chi connectivity index (χ3v) is 5.74. The minimum atomic E-state index is -0.277. The fourth-order valence-electron chi connectivity index (χ4n) is 3.30. The number of aldehydes is 1. The summed E-state index contributed by atoms with van der Waals surface area (Å²) in [5.74, 6) is 0.950. The van der Waals surface area contributed by atoms with Gasteiger partial charge in [-0.1, -0.05) is 23.2 Å². The van der Waals surface area contributed by atoms with Gasteiger partial charge in [-0.15, -0.1) is 0 Å². The molecule has 1 aromatic carbocycles. The maximum atomic E-state index is 11.7. The lowest BCUT2D eigenvalue weighted by molar-refractivity contribution is -0.113. The van der Waals surface area contributed by atoms with Gasteiger partial charge in [0.25, 0.3) is 0 Å². The van der Waals surface area contributed by atoms with Crippen molar-refractivity contribution < 1.29 is 9.53 Å². The molecule has 1 saturated heterocycles. The number of piperazine rings is 1. The van der Waals surface area contributed by atoms with E-state index in [9.17, 15) is 4.79 Å². The van der Waals surface area contributed by atoms with Gasteiger partial charge in [-0.2, -0.15) is 5.10 Å². The Labute approximate surface area is 168 Å². The van der Waals surface area contributed by atoms with E-state index in [1.165, 1.54) is 0 Å². The Bertz CT molecular complexity index is 818. The van der Waals surface area contributed by atoms with Crippen molar-refractivity contribution in [2.45, 2.75) is 19.5 Å². The lowest BCUT2D eigenvalue weighted by atomic mass is 10.2. The van der Waals surface area contributed by atoms with Crippen LogP contribution in [0.4, 0.5) is 11.5 Å². The predicted octanol–water partition coefficient (Wildman–Crippen LogP) is 2.48. The topological polar surface area (TPSA) is 76.6 Å². The van der Waals surface area contributed by atoms with Gasteiger partial charge in [0.1, 0.15) is 17.1 Å². The van der Waals surface area contributed by atoms with Crippen molar-refractivity contribution in [3.05, 3.63) is 33.9 Å². The smallest absolute Gasteiger partial charge is 0.164 e. The van der Waals surface area contributed by atoms with Gasteiger partial charge >= 0.3 is 0 Å². The zero-order chi connectivity index (χ0) is 19.6. The molecule has 1 fully saturated rings. The molecule has 146 valence electrons. The molecule has 1 atom stereocenters. The number of nitrogens with zero attached hydrogens (tertiary/aromatic N) is 4. The van der Waals surface area contributed by atoms with Crippen LogP contribution in [-0.2, 0) is 11.3 Å². The molecule has 0 bridgehead atoms. The maximum Gasteiger partial charge on any atom is 0.164 e. The van der Waals surface area contributed by atoms with Crippen molar-refractivity contribution in [1.29, 1.82) is 0 Å². The molecule has 0 amide bonds. The van der Waals surface area contributed by atoms with E-state index in [1.807, 2.05) is 25.1 Å². The Morgan fingerprint density at radius 1 is 1.30 bits per heavy atom. The van der Waals surface area contributed by atoms with Crippen molar-refractivity contribution >= 4 is 41.0 Å². The number of nitrogen functional groups attached to an aromatic ring is 1. The number of halogens is 2. The Morgan fingerprint density at radius 2 is 2.00 bits per heavy atom. The zero-order valence-corrected chi connectivity index (χ0v) is 16.9. The van der Waals surface area contributed by atoms with E-state index in [0.717, 1.165) is 43.8 Å². The highest BCUT2D eigenvalue weighted by molar-refractivity contribution is 6.33. The number of hydrogen-bond acceptors (Lipinski definition) is 6. The van der Waals surface area contributed by atoms with Crippen LogP contribution in [0, 0.1) is 6.92 Å². The number of rotatable bonds is 6. The molecule has 3 rings (SSSR count). The average Bonchev–Trinajstić information content (AvgIpc) is 2.93. The summed E-state index contributed by atoms with van der Waals surface area (Å²) in [5, 5.41) is 5.26. The van der Waals surface area contributed by atoms with E-state index in [4.69, 9.17) is 33.7 Å². The highest BCUT2D eigenvalue weighted by Gasteiger charge is 2.25. The molecule has 0 aliphatic carbocycles. The SMILES string of the molecule is COc1cc(N2CCN(C(C=O)Cn3nc(N)c(Cl)c3C)CC2)ccc1Cl. The van der Waals surface area contributed by atoms with Gasteiger partial charge in [0.15, 0.2) is 5.82 Å². The van der Waals surface area contributed by atoms with Crippen LogP contribution < -0.4 is 15.4 Å². The highest BCUT2D eigenvalue weighted by Crippen LogP contribution is 2.30. The first-order valence-electron chi connectivity index (χ1n) is 8.70. The molecule has 1 unspecified atom stereocenters. The molecule has 2 heterocycles. The van der Waals surface area contributed by atoms with Crippen LogP contribution in [0.1, 0.15) is 5.69 Å². The normalized spacial score (nSPS) is 16.4. The van der Waals surface area contributed by atoms with E-state index in [2.05, 4.69) is 14.9 Å². The molecule has 0 spiro atoms. The fraction of sp³-hybridized carbons (Fsp3) is 0.444. The van der Waals surface area contributed by atoms with Gasteiger partial charge in [-0.25, -0.2) is 0 Å². The van der Waals surface area contributed by atoms with E-state index in [1.54, 1.807) is 11.8 Å². The Kier molecular flexibility index (Phi) is 6.14. The number of nitrogens with two attached hydrogens (primary N) is 1. The van der Waals surface area contributed by atoms with Crippen LogP contribution in [0.25, 0.3) is 0 Å². The summed E-state index contributed by atoms with van der Waals surface area (Å²) in [6.45, 7) is 5.41. The van der Waals surface area contributed by atoms with Crippen LogP contribution in [0.15, 0.2) is 18.2 Å². The molecule has 27 heavy (non-hydrogen) atoms. The van der Waals surface area contributed by atoms with Gasteiger partial charge in [0.05, 0.1) is 30.4 Å². The minimum absolute atomic E-state index is 0.277. The molecule has 2 aromatic rings. The quantitative estimate of drug-likeness (QED) is 0.735. The predicted molar refractivity (Wildman–Crippen MR) is 108 cm³/mol. The first-order valence-corrected chi connectivity index (χ1v) is 9.46. The number of aromatic nitrogens is 2. The molecular weight excluding hydrogens is 389 g/mol. The number of carbonyl (C=O) groups is 1. The second-order valence-electron chi connectivity index (χ2n) is 6.51. The fourth-order valence-corrected chi connectivity index (χ4v) is 3.63. The van der Waals surface area contributed by atoms with Gasteiger partial charge in [0, 0.05) is 37.9 Å². The van der Waals surface area contributed by atoms with Crippen molar-refractivity contribution in [3.63, 3.8) is 0 Å². The van der Waals surface area contributed by atoms with Crippen LogP contribution in [0.5, 0.6) is 5.75 Å². The molecular formula is C18H23Cl2N5O2. The average molecular weight is 412 g/mol. The number of anilines is 2. The summed E-state index contributed by atoms with van der Waals surface area (Å²) in [6.07, 6.45) is 0.964. The Hall–Kier alpha value is -1.96. The maximum absolute atomic E-state index is 11.7. The van der Waals surface area contributed by atoms with Crippen LogP contribution in [-0.4, -0.2) is 60.3 Å². The van der Waals surface area contributed by atoms with Crippen LogP contribution in [0.2, 0.25) is 10.0 Å². The number of ether oxygens (including phenoxy) is 1. The molecule has 1 aliphatic heterocycles. The second-order valence-corrected chi connectivity index (χ2v) is 7.30. The number of benzene rings is 1. The molecule has 7 nitrogen and oxygen atoms in total. The molecule has 2 N–H and O–H groups in total. The summed E-state index contributed by atoms with van der Waals surface area (Å²) >= 11 is 12.2. The van der Waals surface area contributed by atoms with E-state index >= 15 is 0 Å². The molecule has 0 radical (unpaired) electrons. The van der Waals surface area contributed by atoms with Crippen molar-refractivity contribution in [3.8, 4) is 5.75 Å². The first kappa shape index (κ1) is 19.8. The highest BCUT2D eigenvalue weighted by atomic mass is 35.5. The van der Waals surface area contributed by atoms with Gasteiger partial charge in [-0.3, -0.25) is 9.58 Å². The van der Waals surface area contributed by atoms with Gasteiger partial charge in [0.2, 0.25) is 0 Å². The van der Waals surface area contributed by atoms with Crippen molar-refractivity contribution in [2.24, 2.45) is 0 Å². The summed E-state index contributed by atoms with van der Waals surface area (Å²) in [5.41, 5.74) is 7.59. The zero-order valence-electron chi connectivity index (χ0n) is 15.4. The summed E-state index contributed by atoms with van der Waals surface area (Å²) < 4.78 is 7.00. The number of methoxy groups -OCH3 is 1. The lowest BCUT2D eigenvalue weighted by Crippen LogP contribution is -2.52. The molecule has 0 saturated carbocycles. The monoisotopic (exact) mass is 411 g/mol. The van der Waals surface area contributed by atoms with Crippen LogP contribution in [0.3, 0.4) is 0 Å². The first-order chi connectivity index (χ1) is 12.9. The van der Waals surface area contributed by atoms with Crippen LogP contribution >= 0.6 is 23.2 Å². The lowest BCUT2D eigenvalue weighted by Gasteiger charge is -2.38. The Balaban J connectivity index is 1.65. The third-order valence-electron chi connectivity index (χ3n) is 4.96. The largest absolute Gasteiger partial charge is 0.495 e. The molecule has 9 heteroatoms. The van der Waals surface area contributed by atoms with Gasteiger partial charge < -0.3 is 20.2 Å². The molecule has 1 aliphatic rings. The summed E-state index contributed by atoms with van der Waals surface area (Å²) in [7, 11) is 1.61. The Morgan fingerprint density at radius 3 is 2.56 bits per heavy atom. The standard InChI is InChI=1S/C18H23Cl2N5O2/c1-12-17(20)18(21)22-25(12)10-14(11-26)24-7-5-23(6-8-24)13-3-4-15(19)16(9-13)27-2/h3-4,9,11,14H,5-8,10H2,1-2H3,(H2,21,22). The van der Waals surface area contributed by atoms with Gasteiger partial charge in [-0.05, 0) is 19.1 Å². The van der Waals surface area contributed by atoms with E-state index in [-0.39, 0.29) is 6.04 Å². The minimum Gasteiger partial charge on any atom is -0.495 e. The molecule has 1 aromatic heterocycles. The summed E-state index contributed by atoms with van der Waals surface area (Å²) in [6, 6.07) is 5.48. The van der Waals surface area contributed by atoms with E-state index in [0.29, 0.717) is 28.2 Å². The van der Waals surface area contributed by atoms with Crippen molar-refractivity contribution in [1.82, 2.24) is 14.7 Å². The number of hydrogen-bond donors (Lipinski definition) is 1. The summed E-state index contributed by atoms with van der Waals surface area (Å²) in [4.78, 5) is 16.1. The third kappa shape index (κ3) is 4.15. The second kappa shape index (κ2) is 8.37.